The van der Waals surface area contributed by atoms with E-state index in [4.69, 9.17) is 0 Å². The Balaban J connectivity index is 1.48. The number of hydrogen-bond donors (Lipinski definition) is 2. The monoisotopic (exact) mass is 408 g/mol. The number of carbonyl (C=O) groups excluding carboxylic acids is 1. The molecule has 2 N–H and O–H groups in total. The normalized spacial score (nSPS) is 17.5. The molecule has 5 nitrogen and oxygen atoms in total. The van der Waals surface area contributed by atoms with Crippen LogP contribution >= 0.6 is 0 Å². The van der Waals surface area contributed by atoms with Gasteiger partial charge in [-0.1, -0.05) is 39.0 Å². The van der Waals surface area contributed by atoms with E-state index in [1.807, 2.05) is 13.8 Å². The quantitative estimate of drug-likeness (QED) is 0.775. The summed E-state index contributed by atoms with van der Waals surface area (Å²) in [4.78, 5) is 17.4. The van der Waals surface area contributed by atoms with Gasteiger partial charge in [0.25, 0.3) is 5.91 Å². The maximum absolute atomic E-state index is 13.1. The number of phenols is 2. The summed E-state index contributed by atoms with van der Waals surface area (Å²) in [5, 5.41) is 20.3. The Hall–Kier alpha value is -2.53. The van der Waals surface area contributed by atoms with Gasteiger partial charge in [-0.15, -0.1) is 0 Å². The fraction of sp³-hybridized carbons (Fsp3) is 0.480. The van der Waals surface area contributed by atoms with Gasteiger partial charge in [0.05, 0.1) is 5.56 Å². The highest BCUT2D eigenvalue weighted by Gasteiger charge is 2.27. The molecule has 0 saturated carbocycles. The zero-order chi connectivity index (χ0) is 21.4. The zero-order valence-electron chi connectivity index (χ0n) is 18.2. The number of likely N-dealkylation sites (tertiary alicyclic amines) is 1. The van der Waals surface area contributed by atoms with Gasteiger partial charge < -0.3 is 15.1 Å². The standard InChI is InChI=1S/C25H32N2O3/c1-16(2)21-11-22(24(29)12-23(21)28)25(30)27-14-19-5-4-18(10-20(19)15-27)13-26-8-6-17(3)7-9-26/h4-5,10-12,16-17,28-29H,6-9,13-15H2,1-3H3. The number of rotatable bonds is 4. The third kappa shape index (κ3) is 4.17. The van der Waals surface area contributed by atoms with E-state index in [-0.39, 0.29) is 28.9 Å². The Kier molecular flexibility index (Phi) is 5.74. The molecule has 2 aromatic carbocycles. The molecule has 2 aliphatic rings. The molecule has 0 aliphatic carbocycles. The van der Waals surface area contributed by atoms with Crippen molar-refractivity contribution in [3.05, 3.63) is 58.1 Å². The summed E-state index contributed by atoms with van der Waals surface area (Å²) in [5.74, 6) is 0.553. The van der Waals surface area contributed by atoms with Gasteiger partial charge in [-0.05, 0) is 66.1 Å². The molecule has 4 rings (SSSR count). The van der Waals surface area contributed by atoms with Gasteiger partial charge in [0.15, 0.2) is 0 Å². The molecule has 2 aliphatic heterocycles. The van der Waals surface area contributed by atoms with Crippen molar-refractivity contribution in [3.63, 3.8) is 0 Å². The summed E-state index contributed by atoms with van der Waals surface area (Å²) in [6.07, 6.45) is 2.53. The van der Waals surface area contributed by atoms with Crippen molar-refractivity contribution in [1.82, 2.24) is 9.80 Å². The molecule has 30 heavy (non-hydrogen) atoms. The Morgan fingerprint density at radius 2 is 1.73 bits per heavy atom. The van der Waals surface area contributed by atoms with Crippen molar-refractivity contribution in [3.8, 4) is 11.5 Å². The van der Waals surface area contributed by atoms with Crippen LogP contribution in [0.4, 0.5) is 0 Å². The SMILES string of the molecule is CC1CCN(Cc2ccc3c(c2)CN(C(=O)c2cc(C(C)C)c(O)cc2O)C3)CC1. The van der Waals surface area contributed by atoms with Gasteiger partial charge in [-0.3, -0.25) is 9.69 Å². The van der Waals surface area contributed by atoms with Crippen molar-refractivity contribution in [2.45, 2.75) is 59.2 Å². The van der Waals surface area contributed by atoms with E-state index in [2.05, 4.69) is 30.0 Å². The number of hydrogen-bond acceptors (Lipinski definition) is 4. The predicted molar refractivity (Wildman–Crippen MR) is 118 cm³/mol. The summed E-state index contributed by atoms with van der Waals surface area (Å²) in [5.41, 5.74) is 4.58. The Morgan fingerprint density at radius 1 is 1.03 bits per heavy atom. The van der Waals surface area contributed by atoms with Crippen LogP contribution < -0.4 is 0 Å². The highest BCUT2D eigenvalue weighted by Crippen LogP contribution is 2.34. The van der Waals surface area contributed by atoms with Crippen LogP contribution in [0.3, 0.4) is 0 Å². The number of phenolic OH excluding ortho intramolecular Hbond substituents is 2. The van der Waals surface area contributed by atoms with E-state index < -0.39 is 0 Å². The predicted octanol–water partition coefficient (Wildman–Crippen LogP) is 4.61. The Labute approximate surface area is 178 Å². The maximum atomic E-state index is 13.1. The van der Waals surface area contributed by atoms with Crippen LogP contribution in [0.2, 0.25) is 0 Å². The maximum Gasteiger partial charge on any atom is 0.258 e. The number of aromatic hydroxyl groups is 2. The average molecular weight is 409 g/mol. The topological polar surface area (TPSA) is 64.0 Å². The molecule has 1 saturated heterocycles. The number of benzene rings is 2. The number of carbonyl (C=O) groups is 1. The molecule has 5 heteroatoms. The Bertz CT molecular complexity index is 946. The van der Waals surface area contributed by atoms with Crippen LogP contribution in [0.25, 0.3) is 0 Å². The van der Waals surface area contributed by atoms with E-state index in [0.29, 0.717) is 18.7 Å². The van der Waals surface area contributed by atoms with E-state index in [1.165, 1.54) is 35.6 Å². The van der Waals surface area contributed by atoms with Gasteiger partial charge in [0.2, 0.25) is 0 Å². The fourth-order valence-electron chi connectivity index (χ4n) is 4.57. The number of fused-ring (bicyclic) bond motifs is 1. The number of nitrogens with zero attached hydrogens (tertiary/aromatic N) is 2. The van der Waals surface area contributed by atoms with Gasteiger partial charge in [0, 0.05) is 25.7 Å². The zero-order valence-corrected chi connectivity index (χ0v) is 18.2. The van der Waals surface area contributed by atoms with Gasteiger partial charge >= 0.3 is 0 Å². The lowest BCUT2D eigenvalue weighted by Gasteiger charge is -2.30. The fourth-order valence-corrected chi connectivity index (χ4v) is 4.57. The van der Waals surface area contributed by atoms with E-state index >= 15 is 0 Å². The van der Waals surface area contributed by atoms with E-state index in [9.17, 15) is 15.0 Å². The van der Waals surface area contributed by atoms with Crippen LogP contribution in [0, 0.1) is 5.92 Å². The summed E-state index contributed by atoms with van der Waals surface area (Å²) in [6, 6.07) is 9.46. The summed E-state index contributed by atoms with van der Waals surface area (Å²) in [6.45, 7) is 10.6. The molecule has 0 bridgehead atoms. The molecule has 0 aromatic heterocycles. The minimum atomic E-state index is -0.197. The molecular weight excluding hydrogens is 376 g/mol. The van der Waals surface area contributed by atoms with E-state index in [0.717, 1.165) is 25.6 Å². The summed E-state index contributed by atoms with van der Waals surface area (Å²) < 4.78 is 0. The molecule has 1 fully saturated rings. The minimum absolute atomic E-state index is 0.0282. The highest BCUT2D eigenvalue weighted by atomic mass is 16.3. The molecule has 2 aromatic rings. The van der Waals surface area contributed by atoms with Crippen molar-refractivity contribution < 1.29 is 15.0 Å². The molecule has 1 amide bonds. The molecule has 0 spiro atoms. The summed E-state index contributed by atoms with van der Waals surface area (Å²) in [7, 11) is 0. The molecule has 160 valence electrons. The smallest absolute Gasteiger partial charge is 0.258 e. The van der Waals surface area contributed by atoms with Crippen LogP contribution in [-0.2, 0) is 19.6 Å². The van der Waals surface area contributed by atoms with Crippen molar-refractivity contribution >= 4 is 5.91 Å². The second kappa shape index (κ2) is 8.31. The molecule has 0 unspecified atom stereocenters. The van der Waals surface area contributed by atoms with Crippen LogP contribution in [0.15, 0.2) is 30.3 Å². The van der Waals surface area contributed by atoms with Gasteiger partial charge in [-0.2, -0.15) is 0 Å². The first-order chi connectivity index (χ1) is 14.3. The summed E-state index contributed by atoms with van der Waals surface area (Å²) >= 11 is 0. The van der Waals surface area contributed by atoms with Gasteiger partial charge in [0.1, 0.15) is 11.5 Å². The van der Waals surface area contributed by atoms with E-state index in [1.54, 1.807) is 11.0 Å². The molecule has 2 heterocycles. The van der Waals surface area contributed by atoms with Crippen LogP contribution in [-0.4, -0.2) is 39.0 Å². The second-order valence-corrected chi connectivity index (χ2v) is 9.31. The van der Waals surface area contributed by atoms with Crippen molar-refractivity contribution in [2.75, 3.05) is 13.1 Å². The first-order valence-corrected chi connectivity index (χ1v) is 11.0. The average Bonchev–Trinajstić information content (AvgIpc) is 3.12. The molecular formula is C25H32N2O3. The third-order valence-electron chi connectivity index (χ3n) is 6.56. The lowest BCUT2D eigenvalue weighted by atomic mass is 9.98. The number of amides is 1. The first-order valence-electron chi connectivity index (χ1n) is 11.0. The first kappa shape index (κ1) is 20.7. The number of piperidine rings is 1. The Morgan fingerprint density at radius 3 is 2.43 bits per heavy atom. The largest absolute Gasteiger partial charge is 0.508 e. The van der Waals surface area contributed by atoms with Crippen LogP contribution in [0.1, 0.15) is 72.1 Å². The lowest BCUT2D eigenvalue weighted by Crippen LogP contribution is -2.32. The lowest BCUT2D eigenvalue weighted by molar-refractivity contribution is 0.0748. The van der Waals surface area contributed by atoms with Crippen molar-refractivity contribution in [2.24, 2.45) is 5.92 Å². The second-order valence-electron chi connectivity index (χ2n) is 9.31. The minimum Gasteiger partial charge on any atom is -0.508 e. The van der Waals surface area contributed by atoms with Crippen molar-refractivity contribution in [1.29, 1.82) is 0 Å². The van der Waals surface area contributed by atoms with Gasteiger partial charge in [-0.25, -0.2) is 0 Å². The highest BCUT2D eigenvalue weighted by molar-refractivity contribution is 5.97. The van der Waals surface area contributed by atoms with Crippen LogP contribution in [0.5, 0.6) is 11.5 Å². The molecule has 0 radical (unpaired) electrons. The third-order valence-corrected chi connectivity index (χ3v) is 6.56. The molecule has 0 atom stereocenters.